The maximum Gasteiger partial charge on any atom is 0.290 e. The molecule has 4 nitrogen and oxygen atoms in total. The van der Waals surface area contributed by atoms with Gasteiger partial charge >= 0.3 is 0 Å². The van der Waals surface area contributed by atoms with Crippen LogP contribution in [0.5, 0.6) is 0 Å². The number of amides is 1. The Bertz CT molecular complexity index is 762. The Morgan fingerprint density at radius 2 is 1.92 bits per heavy atom. The zero-order chi connectivity index (χ0) is 17.6. The lowest BCUT2D eigenvalue weighted by Gasteiger charge is -2.35. The van der Waals surface area contributed by atoms with E-state index in [9.17, 15) is 9.59 Å². The molecule has 0 saturated heterocycles. The molecule has 2 heterocycles. The average molecular weight is 337 g/mol. The van der Waals surface area contributed by atoms with Crippen LogP contribution >= 0.6 is 0 Å². The van der Waals surface area contributed by atoms with E-state index in [0.29, 0.717) is 12.1 Å². The molecule has 2 aliphatic heterocycles. The van der Waals surface area contributed by atoms with E-state index in [1.54, 1.807) is 11.0 Å². The van der Waals surface area contributed by atoms with Crippen molar-refractivity contribution in [1.29, 1.82) is 0 Å². The topological polar surface area (TPSA) is 46.6 Å². The first-order chi connectivity index (χ1) is 12.1. The molecule has 4 heteroatoms. The lowest BCUT2D eigenvalue weighted by atomic mass is 9.77. The molecule has 4 rings (SSSR count). The van der Waals surface area contributed by atoms with E-state index in [0.717, 1.165) is 36.8 Å². The number of ketones is 1. The van der Waals surface area contributed by atoms with Gasteiger partial charge in [-0.1, -0.05) is 42.3 Å². The van der Waals surface area contributed by atoms with Gasteiger partial charge in [-0.2, -0.15) is 0 Å². The van der Waals surface area contributed by atoms with E-state index in [-0.39, 0.29) is 35.5 Å². The molecule has 0 aromatic heterocycles. The van der Waals surface area contributed by atoms with Crippen molar-refractivity contribution in [2.75, 3.05) is 6.54 Å². The van der Waals surface area contributed by atoms with Gasteiger partial charge in [0.1, 0.15) is 6.10 Å². The summed E-state index contributed by atoms with van der Waals surface area (Å²) in [5, 5.41) is 0. The minimum absolute atomic E-state index is 0.100. The van der Waals surface area contributed by atoms with Gasteiger partial charge in [-0.15, -0.1) is 6.58 Å². The number of Topliss-reactive ketones (excluding diaryl/α,β-unsaturated/α-hetero) is 1. The molecule has 1 fully saturated rings. The predicted molar refractivity (Wildman–Crippen MR) is 94.7 cm³/mol. The Balaban J connectivity index is 1.80. The minimum atomic E-state index is -0.364. The maximum atomic E-state index is 13.2. The molecule has 1 aromatic rings. The molecule has 0 spiro atoms. The first-order valence-corrected chi connectivity index (χ1v) is 9.05. The van der Waals surface area contributed by atoms with Gasteiger partial charge in [0.2, 0.25) is 0 Å². The average Bonchev–Trinajstić information content (AvgIpc) is 2.89. The first-order valence-electron chi connectivity index (χ1n) is 9.05. The Kier molecular flexibility index (Phi) is 3.98. The third-order valence-corrected chi connectivity index (χ3v) is 5.58. The summed E-state index contributed by atoms with van der Waals surface area (Å²) in [5.74, 6) is 0.104. The lowest BCUT2D eigenvalue weighted by Crippen LogP contribution is -2.39. The highest BCUT2D eigenvalue weighted by atomic mass is 16.5. The van der Waals surface area contributed by atoms with Crippen molar-refractivity contribution < 1.29 is 14.3 Å². The SMILES string of the molecule is C=CCN1C(=O)C2=C(C(=O)C3CCCCC3O2)C1c1ccc(C)cc1. The standard InChI is InChI=1S/C21H23NO3/c1-3-12-22-18(14-10-8-13(2)9-11-14)17-19(23)15-6-4-5-7-16(15)25-20(17)21(22)24/h3,8-11,15-16,18H,1,4-7,12H2,2H3. The largest absolute Gasteiger partial charge is 0.483 e. The molecule has 1 aromatic carbocycles. The van der Waals surface area contributed by atoms with Gasteiger partial charge in [0.15, 0.2) is 11.5 Å². The molecule has 0 N–H and O–H groups in total. The Labute approximate surface area is 148 Å². The zero-order valence-corrected chi connectivity index (χ0v) is 14.5. The van der Waals surface area contributed by atoms with Gasteiger partial charge in [0, 0.05) is 6.54 Å². The summed E-state index contributed by atoms with van der Waals surface area (Å²) in [6, 6.07) is 7.67. The zero-order valence-electron chi connectivity index (χ0n) is 14.5. The highest BCUT2D eigenvalue weighted by molar-refractivity contribution is 6.11. The quantitative estimate of drug-likeness (QED) is 0.794. The monoisotopic (exact) mass is 337 g/mol. The van der Waals surface area contributed by atoms with E-state index in [4.69, 9.17) is 4.74 Å². The molecule has 1 aliphatic carbocycles. The number of hydrogen-bond acceptors (Lipinski definition) is 3. The van der Waals surface area contributed by atoms with E-state index in [1.165, 1.54) is 0 Å². The number of aryl methyl sites for hydroxylation is 1. The third-order valence-electron chi connectivity index (χ3n) is 5.58. The number of nitrogens with zero attached hydrogens (tertiary/aromatic N) is 1. The van der Waals surface area contributed by atoms with Crippen LogP contribution in [0.3, 0.4) is 0 Å². The molecule has 130 valence electrons. The second-order valence-electron chi connectivity index (χ2n) is 7.21. The van der Waals surface area contributed by atoms with Gasteiger partial charge in [-0.3, -0.25) is 9.59 Å². The molecule has 0 radical (unpaired) electrons. The second-order valence-corrected chi connectivity index (χ2v) is 7.21. The smallest absolute Gasteiger partial charge is 0.290 e. The summed E-state index contributed by atoms with van der Waals surface area (Å²) in [5.41, 5.74) is 2.66. The molecule has 0 bridgehead atoms. The van der Waals surface area contributed by atoms with Gasteiger partial charge in [0.25, 0.3) is 5.91 Å². The summed E-state index contributed by atoms with van der Waals surface area (Å²) in [6.07, 6.45) is 5.40. The van der Waals surface area contributed by atoms with E-state index >= 15 is 0 Å². The summed E-state index contributed by atoms with van der Waals surface area (Å²) in [4.78, 5) is 27.9. The van der Waals surface area contributed by atoms with Crippen LogP contribution in [0, 0.1) is 12.8 Å². The fraction of sp³-hybridized carbons (Fsp3) is 0.429. The van der Waals surface area contributed by atoms with Crippen molar-refractivity contribution in [3.05, 3.63) is 59.4 Å². The number of rotatable bonds is 3. The van der Waals surface area contributed by atoms with Crippen LogP contribution in [-0.4, -0.2) is 29.2 Å². The first kappa shape index (κ1) is 16.1. The van der Waals surface area contributed by atoms with Crippen LogP contribution in [-0.2, 0) is 14.3 Å². The summed E-state index contributed by atoms with van der Waals surface area (Å²) >= 11 is 0. The molecular formula is C21H23NO3. The Morgan fingerprint density at radius 3 is 2.64 bits per heavy atom. The number of hydrogen-bond donors (Lipinski definition) is 0. The predicted octanol–water partition coefficient (Wildman–Crippen LogP) is 3.48. The highest BCUT2D eigenvalue weighted by Gasteiger charge is 2.51. The summed E-state index contributed by atoms with van der Waals surface area (Å²) < 4.78 is 6.08. The van der Waals surface area contributed by atoms with Crippen LogP contribution in [0.2, 0.25) is 0 Å². The lowest BCUT2D eigenvalue weighted by molar-refractivity contribution is -0.135. The van der Waals surface area contributed by atoms with Crippen molar-refractivity contribution in [3.8, 4) is 0 Å². The summed E-state index contributed by atoms with van der Waals surface area (Å²) in [6.45, 7) is 6.20. The Hall–Kier alpha value is -2.36. The number of ether oxygens (including phenoxy) is 1. The molecule has 1 amide bonds. The maximum absolute atomic E-state index is 13.2. The van der Waals surface area contributed by atoms with Crippen molar-refractivity contribution in [1.82, 2.24) is 4.90 Å². The molecule has 1 saturated carbocycles. The number of carbonyl (C=O) groups excluding carboxylic acids is 2. The van der Waals surface area contributed by atoms with Crippen LogP contribution in [0.1, 0.15) is 42.9 Å². The second kappa shape index (κ2) is 6.17. The summed E-state index contributed by atoms with van der Waals surface area (Å²) in [7, 11) is 0. The molecule has 3 aliphatic rings. The Morgan fingerprint density at radius 1 is 1.20 bits per heavy atom. The fourth-order valence-corrected chi connectivity index (χ4v) is 4.32. The normalized spacial score (nSPS) is 28.5. The fourth-order valence-electron chi connectivity index (χ4n) is 4.32. The van der Waals surface area contributed by atoms with Crippen LogP contribution < -0.4 is 0 Å². The third kappa shape index (κ3) is 2.51. The van der Waals surface area contributed by atoms with Gasteiger partial charge in [-0.25, -0.2) is 0 Å². The van der Waals surface area contributed by atoms with Crippen molar-refractivity contribution >= 4 is 11.7 Å². The number of fused-ring (bicyclic) bond motifs is 1. The van der Waals surface area contributed by atoms with E-state index in [2.05, 4.69) is 6.58 Å². The highest BCUT2D eigenvalue weighted by Crippen LogP contribution is 2.46. The molecule has 3 atom stereocenters. The van der Waals surface area contributed by atoms with E-state index < -0.39 is 0 Å². The van der Waals surface area contributed by atoms with Crippen LogP contribution in [0.25, 0.3) is 0 Å². The molecular weight excluding hydrogens is 314 g/mol. The van der Waals surface area contributed by atoms with Crippen molar-refractivity contribution in [2.24, 2.45) is 5.92 Å². The minimum Gasteiger partial charge on any atom is -0.483 e. The van der Waals surface area contributed by atoms with Crippen molar-refractivity contribution in [3.63, 3.8) is 0 Å². The number of benzene rings is 1. The van der Waals surface area contributed by atoms with Gasteiger partial charge < -0.3 is 9.64 Å². The number of carbonyl (C=O) groups is 2. The van der Waals surface area contributed by atoms with E-state index in [1.807, 2.05) is 31.2 Å². The molecule has 25 heavy (non-hydrogen) atoms. The molecule has 3 unspecified atom stereocenters. The van der Waals surface area contributed by atoms with Crippen LogP contribution in [0.15, 0.2) is 48.3 Å². The van der Waals surface area contributed by atoms with Gasteiger partial charge in [-0.05, 0) is 31.7 Å². The van der Waals surface area contributed by atoms with Crippen LogP contribution in [0.4, 0.5) is 0 Å². The van der Waals surface area contributed by atoms with Gasteiger partial charge in [0.05, 0.1) is 17.5 Å². The van der Waals surface area contributed by atoms with Crippen molar-refractivity contribution in [2.45, 2.75) is 44.8 Å².